The van der Waals surface area contributed by atoms with Gasteiger partial charge in [0.25, 0.3) is 0 Å². The Labute approximate surface area is 185 Å². The van der Waals surface area contributed by atoms with E-state index in [1.807, 2.05) is 0 Å². The fourth-order valence-corrected chi connectivity index (χ4v) is 5.55. The van der Waals surface area contributed by atoms with E-state index < -0.39 is 0 Å². The maximum Gasteiger partial charge on any atom is 0.237 e. The number of hydrogen-bond acceptors (Lipinski definition) is 3. The molecule has 4 nitrogen and oxygen atoms in total. The van der Waals surface area contributed by atoms with Crippen molar-refractivity contribution in [2.24, 2.45) is 0 Å². The number of aromatic nitrogens is 4. The number of benzene rings is 4. The molecule has 152 valence electrons. The predicted octanol–water partition coefficient (Wildman–Crippen LogP) is 6.43. The fraction of sp³-hybridized carbons (Fsp3) is 0.107. The first kappa shape index (κ1) is 17.6. The molecule has 0 amide bonds. The van der Waals surface area contributed by atoms with Crippen molar-refractivity contribution in [2.75, 3.05) is 0 Å². The summed E-state index contributed by atoms with van der Waals surface area (Å²) < 4.78 is 2.15. The molecular formula is C28H20N4. The van der Waals surface area contributed by atoms with Gasteiger partial charge < -0.3 is 0 Å². The van der Waals surface area contributed by atoms with Crippen LogP contribution in [0, 0.1) is 0 Å². The predicted molar refractivity (Wildman–Crippen MR) is 129 cm³/mol. The average molecular weight is 412 g/mol. The Hall–Kier alpha value is -4.05. The van der Waals surface area contributed by atoms with E-state index in [0.717, 1.165) is 11.0 Å². The molecule has 0 saturated heterocycles. The van der Waals surface area contributed by atoms with Crippen LogP contribution in [-0.2, 0) is 5.41 Å². The van der Waals surface area contributed by atoms with Crippen LogP contribution in [0.1, 0.15) is 25.0 Å². The summed E-state index contributed by atoms with van der Waals surface area (Å²) in [5, 5.41) is 4.93. The average Bonchev–Trinajstić information content (AvgIpc) is 3.27. The van der Waals surface area contributed by atoms with Gasteiger partial charge in [0.15, 0.2) is 0 Å². The van der Waals surface area contributed by atoms with Crippen molar-refractivity contribution in [1.82, 2.24) is 19.5 Å². The molecule has 0 spiro atoms. The van der Waals surface area contributed by atoms with Gasteiger partial charge in [-0.25, -0.2) is 15.0 Å². The summed E-state index contributed by atoms with van der Waals surface area (Å²) in [5.41, 5.74) is 7.64. The van der Waals surface area contributed by atoms with E-state index in [0.29, 0.717) is 5.95 Å². The molecule has 0 N–H and O–H groups in total. The molecule has 32 heavy (non-hydrogen) atoms. The van der Waals surface area contributed by atoms with Crippen LogP contribution < -0.4 is 0 Å². The minimum Gasteiger partial charge on any atom is -0.278 e. The van der Waals surface area contributed by atoms with Crippen molar-refractivity contribution in [3.8, 4) is 17.1 Å². The van der Waals surface area contributed by atoms with Crippen LogP contribution in [-0.4, -0.2) is 19.5 Å². The van der Waals surface area contributed by atoms with Gasteiger partial charge in [-0.3, -0.25) is 4.57 Å². The highest BCUT2D eigenvalue weighted by Crippen LogP contribution is 2.51. The topological polar surface area (TPSA) is 43.6 Å². The SMILES string of the molecule is CC1(C)c2ccccc2-c2c1ccc1cc3c4ccccc4n(-c4ncncn4)c3cc21. The first-order valence-corrected chi connectivity index (χ1v) is 10.9. The van der Waals surface area contributed by atoms with Gasteiger partial charge in [0.05, 0.1) is 11.0 Å². The van der Waals surface area contributed by atoms with E-state index in [-0.39, 0.29) is 5.41 Å². The summed E-state index contributed by atoms with van der Waals surface area (Å²) in [5.74, 6) is 0.638. The highest BCUT2D eigenvalue weighted by molar-refractivity contribution is 6.16. The van der Waals surface area contributed by atoms with Crippen LogP contribution in [0.15, 0.2) is 85.5 Å². The number of hydrogen-bond donors (Lipinski definition) is 0. The molecule has 0 atom stereocenters. The Kier molecular flexibility index (Phi) is 3.31. The van der Waals surface area contributed by atoms with Crippen molar-refractivity contribution in [3.63, 3.8) is 0 Å². The molecule has 4 aromatic carbocycles. The van der Waals surface area contributed by atoms with Crippen molar-refractivity contribution in [3.05, 3.63) is 96.6 Å². The lowest BCUT2D eigenvalue weighted by Crippen LogP contribution is -2.14. The molecule has 4 heteroatoms. The third kappa shape index (κ3) is 2.14. The molecule has 0 unspecified atom stereocenters. The second-order valence-electron chi connectivity index (χ2n) is 9.04. The molecule has 0 bridgehead atoms. The zero-order valence-electron chi connectivity index (χ0n) is 17.9. The van der Waals surface area contributed by atoms with Crippen LogP contribution in [0.2, 0.25) is 0 Å². The van der Waals surface area contributed by atoms with E-state index in [4.69, 9.17) is 0 Å². The third-order valence-corrected chi connectivity index (χ3v) is 7.03. The molecule has 0 saturated carbocycles. The summed E-state index contributed by atoms with van der Waals surface area (Å²) in [6, 6.07) is 26.5. The van der Waals surface area contributed by atoms with Gasteiger partial charge in [-0.15, -0.1) is 0 Å². The third-order valence-electron chi connectivity index (χ3n) is 7.03. The summed E-state index contributed by atoms with van der Waals surface area (Å²) in [4.78, 5) is 13.0. The lowest BCUT2D eigenvalue weighted by molar-refractivity contribution is 0.661. The zero-order valence-corrected chi connectivity index (χ0v) is 17.9. The smallest absolute Gasteiger partial charge is 0.237 e. The van der Waals surface area contributed by atoms with E-state index >= 15 is 0 Å². The quantitative estimate of drug-likeness (QED) is 0.313. The summed E-state index contributed by atoms with van der Waals surface area (Å²) in [7, 11) is 0. The van der Waals surface area contributed by atoms with E-state index in [1.165, 1.54) is 43.8 Å². The molecule has 2 heterocycles. The van der Waals surface area contributed by atoms with Gasteiger partial charge in [-0.1, -0.05) is 68.4 Å². The molecule has 6 aromatic rings. The highest BCUT2D eigenvalue weighted by atomic mass is 15.2. The Balaban J connectivity index is 1.68. The monoisotopic (exact) mass is 412 g/mol. The van der Waals surface area contributed by atoms with E-state index in [9.17, 15) is 0 Å². The molecule has 0 radical (unpaired) electrons. The minimum atomic E-state index is -0.0179. The summed E-state index contributed by atoms with van der Waals surface area (Å²) in [6.07, 6.45) is 3.11. The Morgan fingerprint density at radius 1 is 0.688 bits per heavy atom. The van der Waals surface area contributed by atoms with Crippen molar-refractivity contribution in [2.45, 2.75) is 19.3 Å². The molecule has 7 rings (SSSR count). The van der Waals surface area contributed by atoms with Gasteiger partial charge in [0, 0.05) is 16.2 Å². The van der Waals surface area contributed by atoms with Crippen LogP contribution >= 0.6 is 0 Å². The first-order valence-electron chi connectivity index (χ1n) is 10.9. The normalized spacial score (nSPS) is 14.2. The fourth-order valence-electron chi connectivity index (χ4n) is 5.55. The maximum absolute atomic E-state index is 4.47. The van der Waals surface area contributed by atoms with Gasteiger partial charge in [0.1, 0.15) is 12.7 Å². The van der Waals surface area contributed by atoms with Gasteiger partial charge in [-0.05, 0) is 51.2 Å². The number of fused-ring (bicyclic) bond motifs is 8. The van der Waals surface area contributed by atoms with Gasteiger partial charge in [0.2, 0.25) is 5.95 Å². The van der Waals surface area contributed by atoms with Gasteiger partial charge in [-0.2, -0.15) is 0 Å². The molecule has 0 fully saturated rings. The standard InChI is InChI=1S/C28H20N4/c1-28(2)22-9-5-3-8-19(22)26-20-14-25-21(13-17(20)11-12-23(26)28)18-7-4-6-10-24(18)32(25)27-30-15-29-16-31-27/h3-16H,1-2H3. The van der Waals surface area contributed by atoms with Crippen LogP contribution in [0.3, 0.4) is 0 Å². The van der Waals surface area contributed by atoms with Crippen LogP contribution in [0.4, 0.5) is 0 Å². The van der Waals surface area contributed by atoms with E-state index in [1.54, 1.807) is 12.7 Å². The van der Waals surface area contributed by atoms with Gasteiger partial charge >= 0.3 is 0 Å². The molecule has 0 aliphatic heterocycles. The van der Waals surface area contributed by atoms with Crippen LogP contribution in [0.25, 0.3) is 49.7 Å². The zero-order chi connectivity index (χ0) is 21.4. The second kappa shape index (κ2) is 6.01. The largest absolute Gasteiger partial charge is 0.278 e. The Morgan fingerprint density at radius 2 is 1.47 bits per heavy atom. The van der Waals surface area contributed by atoms with Crippen molar-refractivity contribution < 1.29 is 0 Å². The van der Waals surface area contributed by atoms with Crippen molar-refractivity contribution in [1.29, 1.82) is 0 Å². The number of para-hydroxylation sites is 1. The lowest BCUT2D eigenvalue weighted by atomic mass is 9.82. The molecule has 1 aliphatic rings. The highest BCUT2D eigenvalue weighted by Gasteiger charge is 2.36. The Morgan fingerprint density at radius 3 is 2.34 bits per heavy atom. The summed E-state index contributed by atoms with van der Waals surface area (Å²) >= 11 is 0. The summed E-state index contributed by atoms with van der Waals surface area (Å²) in [6.45, 7) is 4.65. The first-order chi connectivity index (χ1) is 15.6. The minimum absolute atomic E-state index is 0.0179. The molecular weight excluding hydrogens is 392 g/mol. The van der Waals surface area contributed by atoms with E-state index in [2.05, 4.69) is 106 Å². The number of rotatable bonds is 1. The maximum atomic E-state index is 4.47. The Bertz CT molecular complexity index is 1690. The molecule has 2 aromatic heterocycles. The lowest BCUT2D eigenvalue weighted by Gasteiger charge is -2.21. The van der Waals surface area contributed by atoms with Crippen molar-refractivity contribution >= 4 is 32.6 Å². The number of nitrogens with zero attached hydrogens (tertiary/aromatic N) is 4. The molecule has 1 aliphatic carbocycles. The second-order valence-corrected chi connectivity index (χ2v) is 9.04. The van der Waals surface area contributed by atoms with Crippen LogP contribution in [0.5, 0.6) is 0 Å².